The predicted molar refractivity (Wildman–Crippen MR) is 66.9 cm³/mol. The third-order valence-corrected chi connectivity index (χ3v) is 2.63. The molecule has 1 N–H and O–H groups in total. The molecule has 3 heteroatoms. The molecule has 84 valence electrons. The fraction of sp³-hybridized carbons (Fsp3) is 0.231. The van der Waals surface area contributed by atoms with Crippen molar-refractivity contribution in [3.05, 3.63) is 52.9 Å². The molecule has 0 aliphatic rings. The van der Waals surface area contributed by atoms with Crippen molar-refractivity contribution in [2.24, 2.45) is 0 Å². The highest BCUT2D eigenvalue weighted by molar-refractivity contribution is 6.30. The van der Waals surface area contributed by atoms with E-state index in [1.54, 1.807) is 0 Å². The molecule has 16 heavy (non-hydrogen) atoms. The second kappa shape index (κ2) is 4.62. The first-order valence-electron chi connectivity index (χ1n) is 5.23. The molecule has 2 rings (SSSR count). The molecule has 0 saturated carbocycles. The molecular formula is C13H14ClNO. The van der Waals surface area contributed by atoms with Crippen molar-refractivity contribution in [2.75, 3.05) is 5.32 Å². The molecule has 2 nitrogen and oxygen atoms in total. The number of rotatable bonds is 3. The molecular weight excluding hydrogens is 222 g/mol. The monoisotopic (exact) mass is 235 g/mol. The van der Waals surface area contributed by atoms with Gasteiger partial charge in [0, 0.05) is 10.7 Å². The molecule has 1 aromatic heterocycles. The van der Waals surface area contributed by atoms with Gasteiger partial charge in [-0.25, -0.2) is 0 Å². The van der Waals surface area contributed by atoms with E-state index in [4.69, 9.17) is 16.0 Å². The van der Waals surface area contributed by atoms with Gasteiger partial charge in [0.1, 0.15) is 11.5 Å². The van der Waals surface area contributed by atoms with Gasteiger partial charge in [-0.15, -0.1) is 0 Å². The van der Waals surface area contributed by atoms with Gasteiger partial charge >= 0.3 is 0 Å². The number of halogens is 1. The van der Waals surface area contributed by atoms with Gasteiger partial charge in [0.05, 0.1) is 6.04 Å². The van der Waals surface area contributed by atoms with Crippen LogP contribution in [0.25, 0.3) is 0 Å². The highest BCUT2D eigenvalue weighted by Gasteiger charge is 2.08. The lowest BCUT2D eigenvalue weighted by molar-refractivity contribution is 0.467. The molecule has 0 aliphatic heterocycles. The zero-order valence-corrected chi connectivity index (χ0v) is 10.1. The fourth-order valence-corrected chi connectivity index (χ4v) is 1.78. The van der Waals surface area contributed by atoms with Crippen LogP contribution in [0, 0.1) is 6.92 Å². The summed E-state index contributed by atoms with van der Waals surface area (Å²) in [6.07, 6.45) is 0. The van der Waals surface area contributed by atoms with Crippen LogP contribution >= 0.6 is 11.6 Å². The van der Waals surface area contributed by atoms with Crippen molar-refractivity contribution in [3.8, 4) is 0 Å². The highest BCUT2D eigenvalue weighted by Crippen LogP contribution is 2.22. The molecule has 1 unspecified atom stereocenters. The van der Waals surface area contributed by atoms with E-state index in [-0.39, 0.29) is 6.04 Å². The first kappa shape index (κ1) is 11.1. The van der Waals surface area contributed by atoms with Gasteiger partial charge in [0.25, 0.3) is 0 Å². The summed E-state index contributed by atoms with van der Waals surface area (Å²) in [4.78, 5) is 0. The SMILES string of the molecule is Cc1ccc(C(C)Nc2cccc(Cl)c2)o1. The lowest BCUT2D eigenvalue weighted by Crippen LogP contribution is -2.05. The third kappa shape index (κ3) is 2.58. The zero-order chi connectivity index (χ0) is 11.5. The number of aryl methyl sites for hydroxylation is 1. The number of nitrogens with one attached hydrogen (secondary N) is 1. The summed E-state index contributed by atoms with van der Waals surface area (Å²) >= 11 is 5.91. The summed E-state index contributed by atoms with van der Waals surface area (Å²) in [5.41, 5.74) is 0.994. The Hall–Kier alpha value is -1.41. The molecule has 1 atom stereocenters. The Bertz CT molecular complexity index is 478. The third-order valence-electron chi connectivity index (χ3n) is 2.40. The lowest BCUT2D eigenvalue weighted by atomic mass is 10.2. The molecule has 0 fully saturated rings. The Balaban J connectivity index is 2.10. The van der Waals surface area contributed by atoms with E-state index < -0.39 is 0 Å². The van der Waals surface area contributed by atoms with E-state index in [2.05, 4.69) is 12.2 Å². The van der Waals surface area contributed by atoms with E-state index in [1.807, 2.05) is 43.3 Å². The van der Waals surface area contributed by atoms with Gasteiger partial charge in [-0.3, -0.25) is 0 Å². The minimum Gasteiger partial charge on any atom is -0.464 e. The lowest BCUT2D eigenvalue weighted by Gasteiger charge is -2.12. The number of furan rings is 1. The van der Waals surface area contributed by atoms with Gasteiger partial charge < -0.3 is 9.73 Å². The maximum Gasteiger partial charge on any atom is 0.126 e. The minimum atomic E-state index is 0.132. The van der Waals surface area contributed by atoms with E-state index in [9.17, 15) is 0 Å². The Kier molecular flexibility index (Phi) is 3.20. The Morgan fingerprint density at radius 2 is 2.06 bits per heavy atom. The first-order valence-corrected chi connectivity index (χ1v) is 5.61. The number of hydrogen-bond donors (Lipinski definition) is 1. The topological polar surface area (TPSA) is 25.2 Å². The Morgan fingerprint density at radius 1 is 1.25 bits per heavy atom. The summed E-state index contributed by atoms with van der Waals surface area (Å²) in [5, 5.41) is 4.06. The first-order chi connectivity index (χ1) is 7.65. The van der Waals surface area contributed by atoms with Crippen molar-refractivity contribution in [1.29, 1.82) is 0 Å². The normalized spacial score (nSPS) is 12.4. The van der Waals surface area contributed by atoms with Crippen molar-refractivity contribution in [1.82, 2.24) is 0 Å². The summed E-state index contributed by atoms with van der Waals surface area (Å²) in [6.45, 7) is 3.99. The van der Waals surface area contributed by atoms with Gasteiger partial charge in [0.2, 0.25) is 0 Å². The Morgan fingerprint density at radius 3 is 2.69 bits per heavy atom. The molecule has 0 saturated heterocycles. The average Bonchev–Trinajstić information content (AvgIpc) is 2.65. The Labute approximate surface area is 100 Å². The zero-order valence-electron chi connectivity index (χ0n) is 9.33. The van der Waals surface area contributed by atoms with Gasteiger partial charge in [0.15, 0.2) is 0 Å². The van der Waals surface area contributed by atoms with E-state index in [1.165, 1.54) is 0 Å². The summed E-state index contributed by atoms with van der Waals surface area (Å²) in [7, 11) is 0. The van der Waals surface area contributed by atoms with Gasteiger partial charge in [-0.05, 0) is 44.2 Å². The molecule has 0 radical (unpaired) electrons. The van der Waals surface area contributed by atoms with Gasteiger partial charge in [-0.1, -0.05) is 17.7 Å². The fourth-order valence-electron chi connectivity index (χ4n) is 1.59. The van der Waals surface area contributed by atoms with E-state index in [0.29, 0.717) is 0 Å². The summed E-state index contributed by atoms with van der Waals surface area (Å²) in [5.74, 6) is 1.85. The van der Waals surface area contributed by atoms with Crippen LogP contribution in [0.5, 0.6) is 0 Å². The van der Waals surface area contributed by atoms with Crippen LogP contribution in [0.2, 0.25) is 5.02 Å². The smallest absolute Gasteiger partial charge is 0.126 e. The largest absolute Gasteiger partial charge is 0.464 e. The molecule has 0 bridgehead atoms. The van der Waals surface area contributed by atoms with Crippen LogP contribution in [0.1, 0.15) is 24.5 Å². The summed E-state index contributed by atoms with van der Waals surface area (Å²) < 4.78 is 5.55. The van der Waals surface area contributed by atoms with Crippen LogP contribution in [0.3, 0.4) is 0 Å². The maximum absolute atomic E-state index is 5.91. The number of hydrogen-bond acceptors (Lipinski definition) is 2. The molecule has 0 amide bonds. The standard InChI is InChI=1S/C13H14ClNO/c1-9-6-7-13(16-9)10(2)15-12-5-3-4-11(14)8-12/h3-8,10,15H,1-2H3. The second-order valence-corrected chi connectivity index (χ2v) is 4.26. The minimum absolute atomic E-state index is 0.132. The van der Waals surface area contributed by atoms with Crippen LogP contribution < -0.4 is 5.32 Å². The van der Waals surface area contributed by atoms with Crippen molar-refractivity contribution < 1.29 is 4.42 Å². The molecule has 0 aliphatic carbocycles. The van der Waals surface area contributed by atoms with Crippen LogP contribution in [0.4, 0.5) is 5.69 Å². The molecule has 1 aromatic carbocycles. The van der Waals surface area contributed by atoms with Crippen LogP contribution in [0.15, 0.2) is 40.8 Å². The van der Waals surface area contributed by atoms with Crippen molar-refractivity contribution in [2.45, 2.75) is 19.9 Å². The second-order valence-electron chi connectivity index (χ2n) is 3.82. The number of anilines is 1. The van der Waals surface area contributed by atoms with Crippen molar-refractivity contribution >= 4 is 17.3 Å². The predicted octanol–water partition coefficient (Wildman–Crippen LogP) is 4.41. The highest BCUT2D eigenvalue weighted by atomic mass is 35.5. The molecule has 2 aromatic rings. The summed E-state index contributed by atoms with van der Waals surface area (Å²) in [6, 6.07) is 11.7. The molecule has 0 spiro atoms. The van der Waals surface area contributed by atoms with E-state index >= 15 is 0 Å². The number of benzene rings is 1. The van der Waals surface area contributed by atoms with Crippen molar-refractivity contribution in [3.63, 3.8) is 0 Å². The average molecular weight is 236 g/mol. The maximum atomic E-state index is 5.91. The van der Waals surface area contributed by atoms with Gasteiger partial charge in [-0.2, -0.15) is 0 Å². The quantitative estimate of drug-likeness (QED) is 0.852. The van der Waals surface area contributed by atoms with Crippen LogP contribution in [-0.2, 0) is 0 Å². The molecule has 1 heterocycles. The van der Waals surface area contributed by atoms with E-state index in [0.717, 1.165) is 22.2 Å². The van der Waals surface area contributed by atoms with Crippen LogP contribution in [-0.4, -0.2) is 0 Å².